The minimum absolute atomic E-state index is 0.553. The van der Waals surface area contributed by atoms with E-state index < -0.39 is 0 Å². The molecule has 1 aromatic heterocycles. The lowest BCUT2D eigenvalue weighted by Crippen LogP contribution is -2.34. The Morgan fingerprint density at radius 1 is 1.42 bits per heavy atom. The number of anilines is 2. The Hall–Kier alpha value is -1.83. The molecule has 1 aliphatic heterocycles. The van der Waals surface area contributed by atoms with Gasteiger partial charge in [0.1, 0.15) is 17.5 Å². The van der Waals surface area contributed by atoms with E-state index in [0.29, 0.717) is 12.3 Å². The van der Waals surface area contributed by atoms with E-state index in [1.807, 2.05) is 13.0 Å². The second kappa shape index (κ2) is 6.37. The van der Waals surface area contributed by atoms with Gasteiger partial charge < -0.3 is 10.2 Å². The van der Waals surface area contributed by atoms with Crippen molar-refractivity contribution in [1.82, 2.24) is 9.97 Å². The highest BCUT2D eigenvalue weighted by Crippen LogP contribution is 2.24. The van der Waals surface area contributed by atoms with Crippen LogP contribution < -0.4 is 10.2 Å². The van der Waals surface area contributed by atoms with Crippen molar-refractivity contribution in [2.45, 2.75) is 33.1 Å². The third kappa shape index (κ3) is 3.57. The fourth-order valence-corrected chi connectivity index (χ4v) is 2.48. The second-order valence-electron chi connectivity index (χ2n) is 4.98. The van der Waals surface area contributed by atoms with E-state index in [1.165, 1.54) is 0 Å². The van der Waals surface area contributed by atoms with E-state index in [4.69, 9.17) is 5.26 Å². The lowest BCUT2D eigenvalue weighted by atomic mass is 9.94. The van der Waals surface area contributed by atoms with Crippen LogP contribution >= 0.6 is 0 Å². The molecule has 0 saturated carbocycles. The molecule has 1 aliphatic rings. The van der Waals surface area contributed by atoms with Crippen molar-refractivity contribution in [3.8, 4) is 6.07 Å². The third-order valence-corrected chi connectivity index (χ3v) is 3.50. The van der Waals surface area contributed by atoms with Crippen LogP contribution in [0.1, 0.15) is 32.0 Å². The van der Waals surface area contributed by atoms with Crippen LogP contribution in [-0.2, 0) is 0 Å². The van der Waals surface area contributed by atoms with E-state index in [1.54, 1.807) is 0 Å². The topological polar surface area (TPSA) is 64.8 Å². The first-order valence-corrected chi connectivity index (χ1v) is 6.94. The van der Waals surface area contributed by atoms with Gasteiger partial charge in [-0.05, 0) is 32.6 Å². The molecule has 1 aromatic rings. The number of piperidine rings is 1. The van der Waals surface area contributed by atoms with Crippen molar-refractivity contribution in [3.63, 3.8) is 0 Å². The summed E-state index contributed by atoms with van der Waals surface area (Å²) in [6.45, 7) is 6.81. The highest BCUT2D eigenvalue weighted by Gasteiger charge is 2.20. The molecule has 2 rings (SSSR count). The molecule has 1 saturated heterocycles. The standard InChI is InChI=1S/C14H21N5/c1-3-16-13-10-14(18-11(2)17-13)19-8-5-12(4-7-15)6-9-19/h10,12H,3-6,8-9H2,1-2H3,(H,16,17,18). The Morgan fingerprint density at radius 2 is 2.16 bits per heavy atom. The summed E-state index contributed by atoms with van der Waals surface area (Å²) in [4.78, 5) is 11.2. The Kier molecular flexibility index (Phi) is 4.56. The molecule has 1 N–H and O–H groups in total. The summed E-state index contributed by atoms with van der Waals surface area (Å²) in [6.07, 6.45) is 2.83. The van der Waals surface area contributed by atoms with Crippen LogP contribution in [-0.4, -0.2) is 29.6 Å². The molecule has 102 valence electrons. The van der Waals surface area contributed by atoms with Crippen molar-refractivity contribution in [1.29, 1.82) is 5.26 Å². The molecule has 0 aromatic carbocycles. The Balaban J connectivity index is 2.04. The monoisotopic (exact) mass is 259 g/mol. The summed E-state index contributed by atoms with van der Waals surface area (Å²) in [7, 11) is 0. The number of nitrogens with one attached hydrogen (secondary N) is 1. The summed E-state index contributed by atoms with van der Waals surface area (Å²) in [6, 6.07) is 4.29. The number of nitrogens with zero attached hydrogens (tertiary/aromatic N) is 4. The van der Waals surface area contributed by atoms with Crippen LogP contribution in [0, 0.1) is 24.2 Å². The molecule has 0 atom stereocenters. The lowest BCUT2D eigenvalue weighted by Gasteiger charge is -2.32. The van der Waals surface area contributed by atoms with Gasteiger partial charge in [-0.15, -0.1) is 0 Å². The summed E-state index contributed by atoms with van der Waals surface area (Å²) in [5.74, 6) is 3.24. The Bertz CT molecular complexity index is 457. The number of hydrogen-bond acceptors (Lipinski definition) is 5. The maximum absolute atomic E-state index is 8.74. The zero-order valence-electron chi connectivity index (χ0n) is 11.7. The van der Waals surface area contributed by atoms with Gasteiger partial charge in [0.2, 0.25) is 0 Å². The zero-order valence-corrected chi connectivity index (χ0v) is 11.7. The Morgan fingerprint density at radius 3 is 2.79 bits per heavy atom. The SMILES string of the molecule is CCNc1cc(N2CCC(CC#N)CC2)nc(C)n1. The van der Waals surface area contributed by atoms with Gasteiger partial charge in [0, 0.05) is 32.1 Å². The number of aryl methyl sites for hydroxylation is 1. The van der Waals surface area contributed by atoms with Crippen LogP contribution in [0.2, 0.25) is 0 Å². The maximum atomic E-state index is 8.74. The predicted octanol–water partition coefficient (Wildman–Crippen LogP) is 2.35. The van der Waals surface area contributed by atoms with Gasteiger partial charge in [0.25, 0.3) is 0 Å². The molecule has 0 spiro atoms. The van der Waals surface area contributed by atoms with E-state index in [9.17, 15) is 0 Å². The molecule has 5 nitrogen and oxygen atoms in total. The van der Waals surface area contributed by atoms with Crippen molar-refractivity contribution in [2.75, 3.05) is 29.9 Å². The van der Waals surface area contributed by atoms with Crippen LogP contribution in [0.5, 0.6) is 0 Å². The number of rotatable bonds is 4. The van der Waals surface area contributed by atoms with Crippen LogP contribution in [0.15, 0.2) is 6.07 Å². The van der Waals surface area contributed by atoms with Gasteiger partial charge in [-0.2, -0.15) is 5.26 Å². The van der Waals surface area contributed by atoms with Crippen molar-refractivity contribution in [3.05, 3.63) is 11.9 Å². The average molecular weight is 259 g/mol. The molecule has 0 aliphatic carbocycles. The molecule has 19 heavy (non-hydrogen) atoms. The summed E-state index contributed by atoms with van der Waals surface area (Å²) in [5, 5.41) is 12.0. The third-order valence-electron chi connectivity index (χ3n) is 3.50. The minimum atomic E-state index is 0.553. The van der Waals surface area contributed by atoms with Gasteiger partial charge in [-0.25, -0.2) is 9.97 Å². The molecule has 2 heterocycles. The summed E-state index contributed by atoms with van der Waals surface area (Å²) >= 11 is 0. The molecule has 5 heteroatoms. The number of hydrogen-bond donors (Lipinski definition) is 1. The molecule has 0 amide bonds. The maximum Gasteiger partial charge on any atom is 0.134 e. The van der Waals surface area contributed by atoms with Crippen LogP contribution in [0.3, 0.4) is 0 Å². The highest BCUT2D eigenvalue weighted by atomic mass is 15.2. The predicted molar refractivity (Wildman–Crippen MR) is 76.1 cm³/mol. The fraction of sp³-hybridized carbons (Fsp3) is 0.643. The minimum Gasteiger partial charge on any atom is -0.370 e. The van der Waals surface area contributed by atoms with E-state index in [-0.39, 0.29) is 0 Å². The smallest absolute Gasteiger partial charge is 0.134 e. The van der Waals surface area contributed by atoms with E-state index in [0.717, 1.165) is 49.9 Å². The van der Waals surface area contributed by atoms with E-state index in [2.05, 4.69) is 33.2 Å². The van der Waals surface area contributed by atoms with Crippen molar-refractivity contribution < 1.29 is 0 Å². The number of nitriles is 1. The fourth-order valence-electron chi connectivity index (χ4n) is 2.48. The second-order valence-corrected chi connectivity index (χ2v) is 4.98. The van der Waals surface area contributed by atoms with Crippen LogP contribution in [0.4, 0.5) is 11.6 Å². The molecular weight excluding hydrogens is 238 g/mol. The highest BCUT2D eigenvalue weighted by molar-refractivity contribution is 5.49. The van der Waals surface area contributed by atoms with Crippen molar-refractivity contribution >= 4 is 11.6 Å². The number of aromatic nitrogens is 2. The zero-order chi connectivity index (χ0) is 13.7. The van der Waals surface area contributed by atoms with Crippen molar-refractivity contribution in [2.24, 2.45) is 5.92 Å². The summed E-state index contributed by atoms with van der Waals surface area (Å²) < 4.78 is 0. The van der Waals surface area contributed by atoms with Crippen LogP contribution in [0.25, 0.3) is 0 Å². The first-order chi connectivity index (χ1) is 9.22. The van der Waals surface area contributed by atoms with Gasteiger partial charge in [-0.3, -0.25) is 0 Å². The van der Waals surface area contributed by atoms with Gasteiger partial charge in [-0.1, -0.05) is 0 Å². The lowest BCUT2D eigenvalue weighted by molar-refractivity contribution is 0.411. The molecule has 0 unspecified atom stereocenters. The largest absolute Gasteiger partial charge is 0.370 e. The Labute approximate surface area is 114 Å². The van der Waals surface area contributed by atoms with E-state index >= 15 is 0 Å². The normalized spacial score (nSPS) is 16.2. The average Bonchev–Trinajstić information content (AvgIpc) is 2.40. The molecule has 1 fully saturated rings. The summed E-state index contributed by atoms with van der Waals surface area (Å²) in [5.41, 5.74) is 0. The van der Waals surface area contributed by atoms with Gasteiger partial charge in [0.05, 0.1) is 6.07 Å². The molecular formula is C14H21N5. The first kappa shape index (κ1) is 13.6. The van der Waals surface area contributed by atoms with Gasteiger partial charge >= 0.3 is 0 Å². The first-order valence-electron chi connectivity index (χ1n) is 6.94. The quantitative estimate of drug-likeness (QED) is 0.899. The molecule has 0 radical (unpaired) electrons. The van der Waals surface area contributed by atoms with Gasteiger partial charge in [0.15, 0.2) is 0 Å². The molecule has 0 bridgehead atoms.